The summed E-state index contributed by atoms with van der Waals surface area (Å²) in [6.45, 7) is 2.43. The van der Waals surface area contributed by atoms with Gasteiger partial charge in [-0.3, -0.25) is 9.69 Å². The molecule has 4 N–H and O–H groups in total. The number of carbonyl (C=O) groups excluding carboxylic acids is 1. The molecule has 1 saturated heterocycles. The molecule has 1 amide bonds. The van der Waals surface area contributed by atoms with Crippen LogP contribution in [0.1, 0.15) is 19.3 Å². The van der Waals surface area contributed by atoms with Crippen molar-refractivity contribution in [3.8, 4) is 5.75 Å². The van der Waals surface area contributed by atoms with Crippen LogP contribution >= 0.6 is 0 Å². The minimum Gasteiger partial charge on any atom is -0.494 e. The monoisotopic (exact) mass is 263 g/mol. The largest absolute Gasteiger partial charge is 0.494 e. The number of carbonyl (C=O) groups is 1. The van der Waals surface area contributed by atoms with Crippen LogP contribution in [-0.2, 0) is 4.79 Å². The Morgan fingerprint density at radius 1 is 1.37 bits per heavy atom. The van der Waals surface area contributed by atoms with Crippen molar-refractivity contribution in [1.29, 1.82) is 0 Å². The molecular formula is C14H21N3O2. The standard InChI is InChI=1S/C14H21N3O2/c15-11-4-6-12(7-5-11)19-10-2-9-17-8-1-3-13(17)14(16)18/h4-7,13H,1-3,8-10,15H2,(H2,16,18). The summed E-state index contributed by atoms with van der Waals surface area (Å²) in [7, 11) is 0. The first-order valence-electron chi connectivity index (χ1n) is 6.68. The topological polar surface area (TPSA) is 81.6 Å². The number of likely N-dealkylation sites (tertiary alicyclic amines) is 1. The lowest BCUT2D eigenvalue weighted by Crippen LogP contribution is -2.40. The molecule has 1 heterocycles. The van der Waals surface area contributed by atoms with Gasteiger partial charge in [0.15, 0.2) is 0 Å². The van der Waals surface area contributed by atoms with E-state index in [0.717, 1.165) is 43.8 Å². The highest BCUT2D eigenvalue weighted by Gasteiger charge is 2.28. The quantitative estimate of drug-likeness (QED) is 0.592. The van der Waals surface area contributed by atoms with Crippen LogP contribution in [0.2, 0.25) is 0 Å². The second-order valence-corrected chi connectivity index (χ2v) is 4.87. The fraction of sp³-hybridized carbons (Fsp3) is 0.500. The van der Waals surface area contributed by atoms with Gasteiger partial charge < -0.3 is 16.2 Å². The second-order valence-electron chi connectivity index (χ2n) is 4.87. The summed E-state index contributed by atoms with van der Waals surface area (Å²) in [5, 5.41) is 0. The lowest BCUT2D eigenvalue weighted by Gasteiger charge is -2.21. The molecular weight excluding hydrogens is 242 g/mol. The number of anilines is 1. The molecule has 1 aliphatic heterocycles. The van der Waals surface area contributed by atoms with Crippen molar-refractivity contribution in [2.24, 2.45) is 5.73 Å². The van der Waals surface area contributed by atoms with Gasteiger partial charge in [0, 0.05) is 12.2 Å². The predicted molar refractivity (Wildman–Crippen MR) is 74.8 cm³/mol. The van der Waals surface area contributed by atoms with Crippen LogP contribution < -0.4 is 16.2 Å². The highest BCUT2D eigenvalue weighted by Crippen LogP contribution is 2.17. The Morgan fingerprint density at radius 3 is 2.79 bits per heavy atom. The molecule has 0 spiro atoms. The molecule has 5 nitrogen and oxygen atoms in total. The van der Waals surface area contributed by atoms with Gasteiger partial charge in [-0.2, -0.15) is 0 Å². The van der Waals surface area contributed by atoms with Crippen molar-refractivity contribution in [3.05, 3.63) is 24.3 Å². The lowest BCUT2D eigenvalue weighted by molar-refractivity contribution is -0.122. The maximum atomic E-state index is 11.2. The first-order valence-corrected chi connectivity index (χ1v) is 6.68. The summed E-state index contributed by atoms with van der Waals surface area (Å²) < 4.78 is 5.62. The third-order valence-corrected chi connectivity index (χ3v) is 3.43. The summed E-state index contributed by atoms with van der Waals surface area (Å²) in [6, 6.07) is 7.27. The van der Waals surface area contributed by atoms with Gasteiger partial charge in [0.25, 0.3) is 0 Å². The fourth-order valence-electron chi connectivity index (χ4n) is 2.44. The van der Waals surface area contributed by atoms with Crippen LogP contribution in [-0.4, -0.2) is 36.5 Å². The molecule has 1 aromatic carbocycles. The normalized spacial score (nSPS) is 19.5. The van der Waals surface area contributed by atoms with Crippen molar-refractivity contribution >= 4 is 11.6 Å². The van der Waals surface area contributed by atoms with Gasteiger partial charge in [-0.1, -0.05) is 0 Å². The van der Waals surface area contributed by atoms with Gasteiger partial charge in [-0.15, -0.1) is 0 Å². The van der Waals surface area contributed by atoms with Crippen molar-refractivity contribution in [1.82, 2.24) is 4.90 Å². The van der Waals surface area contributed by atoms with E-state index in [0.29, 0.717) is 6.61 Å². The number of nitrogen functional groups attached to an aromatic ring is 1. The summed E-state index contributed by atoms with van der Waals surface area (Å²) in [6.07, 6.45) is 2.81. The molecule has 1 aliphatic rings. The highest BCUT2D eigenvalue weighted by atomic mass is 16.5. The van der Waals surface area contributed by atoms with Crippen molar-refractivity contribution in [2.75, 3.05) is 25.4 Å². The van der Waals surface area contributed by atoms with Crippen LogP contribution in [0.15, 0.2) is 24.3 Å². The first kappa shape index (κ1) is 13.7. The van der Waals surface area contributed by atoms with Gasteiger partial charge in [0.2, 0.25) is 5.91 Å². The number of benzene rings is 1. The Morgan fingerprint density at radius 2 is 2.11 bits per heavy atom. The second kappa shape index (κ2) is 6.43. The Hall–Kier alpha value is -1.75. The van der Waals surface area contributed by atoms with Crippen LogP contribution in [0, 0.1) is 0 Å². The zero-order valence-corrected chi connectivity index (χ0v) is 11.0. The molecule has 1 fully saturated rings. The van der Waals surface area contributed by atoms with Gasteiger partial charge in [-0.05, 0) is 50.1 Å². The van der Waals surface area contributed by atoms with Crippen LogP contribution in [0.4, 0.5) is 5.69 Å². The molecule has 1 aromatic rings. The van der Waals surface area contributed by atoms with Crippen LogP contribution in [0.5, 0.6) is 5.75 Å². The fourth-order valence-corrected chi connectivity index (χ4v) is 2.44. The molecule has 0 bridgehead atoms. The third kappa shape index (κ3) is 3.86. The SMILES string of the molecule is NC(=O)C1CCCN1CCCOc1ccc(N)cc1. The minimum atomic E-state index is -0.211. The number of nitrogens with two attached hydrogens (primary N) is 2. The number of hydrogen-bond acceptors (Lipinski definition) is 4. The van der Waals surface area contributed by atoms with E-state index in [9.17, 15) is 4.79 Å². The molecule has 0 saturated carbocycles. The summed E-state index contributed by atoms with van der Waals surface area (Å²) in [5.41, 5.74) is 11.7. The lowest BCUT2D eigenvalue weighted by atomic mass is 10.2. The van der Waals surface area contributed by atoms with E-state index in [4.69, 9.17) is 16.2 Å². The van der Waals surface area contributed by atoms with Gasteiger partial charge >= 0.3 is 0 Å². The smallest absolute Gasteiger partial charge is 0.234 e. The van der Waals surface area contributed by atoms with Crippen LogP contribution in [0.3, 0.4) is 0 Å². The zero-order chi connectivity index (χ0) is 13.7. The van der Waals surface area contributed by atoms with E-state index < -0.39 is 0 Å². The van der Waals surface area contributed by atoms with E-state index in [2.05, 4.69) is 4.90 Å². The van der Waals surface area contributed by atoms with Crippen molar-refractivity contribution < 1.29 is 9.53 Å². The number of rotatable bonds is 6. The Balaban J connectivity index is 1.69. The van der Waals surface area contributed by atoms with E-state index in [1.807, 2.05) is 24.3 Å². The first-order chi connectivity index (χ1) is 9.16. The van der Waals surface area contributed by atoms with Crippen molar-refractivity contribution in [2.45, 2.75) is 25.3 Å². The number of ether oxygens (including phenoxy) is 1. The zero-order valence-electron chi connectivity index (χ0n) is 11.0. The van der Waals surface area contributed by atoms with Crippen LogP contribution in [0.25, 0.3) is 0 Å². The van der Waals surface area contributed by atoms with Gasteiger partial charge in [0.1, 0.15) is 5.75 Å². The van der Waals surface area contributed by atoms with Gasteiger partial charge in [-0.25, -0.2) is 0 Å². The van der Waals surface area contributed by atoms with E-state index in [1.165, 1.54) is 0 Å². The van der Waals surface area contributed by atoms with E-state index in [1.54, 1.807) is 0 Å². The maximum absolute atomic E-state index is 11.2. The Bertz CT molecular complexity index is 419. The summed E-state index contributed by atoms with van der Waals surface area (Å²) in [4.78, 5) is 13.4. The molecule has 104 valence electrons. The average molecular weight is 263 g/mol. The average Bonchev–Trinajstić information content (AvgIpc) is 2.85. The predicted octanol–water partition coefficient (Wildman–Crippen LogP) is 0.987. The molecule has 0 aromatic heterocycles. The summed E-state index contributed by atoms with van der Waals surface area (Å²) in [5.74, 6) is 0.610. The highest BCUT2D eigenvalue weighted by molar-refractivity contribution is 5.80. The summed E-state index contributed by atoms with van der Waals surface area (Å²) >= 11 is 0. The Kier molecular flexibility index (Phi) is 4.63. The number of primary amides is 1. The molecule has 0 aliphatic carbocycles. The molecule has 19 heavy (non-hydrogen) atoms. The van der Waals surface area contributed by atoms with Crippen molar-refractivity contribution in [3.63, 3.8) is 0 Å². The molecule has 1 unspecified atom stereocenters. The number of hydrogen-bond donors (Lipinski definition) is 2. The Labute approximate surface area is 113 Å². The maximum Gasteiger partial charge on any atom is 0.234 e. The molecule has 0 radical (unpaired) electrons. The molecule has 5 heteroatoms. The van der Waals surface area contributed by atoms with E-state index in [-0.39, 0.29) is 11.9 Å². The van der Waals surface area contributed by atoms with E-state index >= 15 is 0 Å². The number of amides is 1. The minimum absolute atomic E-state index is 0.0866. The van der Waals surface area contributed by atoms with Gasteiger partial charge in [0.05, 0.1) is 12.6 Å². The third-order valence-electron chi connectivity index (χ3n) is 3.43. The molecule has 1 atom stereocenters. The number of nitrogens with zero attached hydrogens (tertiary/aromatic N) is 1. The molecule has 2 rings (SSSR count).